The highest BCUT2D eigenvalue weighted by Crippen LogP contribution is 2.33. The van der Waals surface area contributed by atoms with Gasteiger partial charge in [0.2, 0.25) is 0 Å². The molecule has 1 rings (SSSR count). The first-order chi connectivity index (χ1) is 7.61. The predicted octanol–water partition coefficient (Wildman–Crippen LogP) is 3.17. The molecule has 0 spiro atoms. The molecule has 2 N–H and O–H groups in total. The van der Waals surface area contributed by atoms with E-state index in [0.29, 0.717) is 23.6 Å². The summed E-state index contributed by atoms with van der Waals surface area (Å²) in [5, 5.41) is 12.5. The Morgan fingerprint density at radius 2 is 2.12 bits per heavy atom. The van der Waals surface area contributed by atoms with E-state index in [0.717, 1.165) is 0 Å². The van der Waals surface area contributed by atoms with E-state index in [4.69, 9.17) is 28.3 Å². The van der Waals surface area contributed by atoms with Crippen LogP contribution in [0.2, 0.25) is 10.0 Å². The smallest absolute Gasteiger partial charge is 0.142 e. The van der Waals surface area contributed by atoms with Crippen molar-refractivity contribution >= 4 is 23.2 Å². The van der Waals surface area contributed by atoms with Crippen molar-refractivity contribution in [3.8, 4) is 0 Å². The SMILES string of the molecule is CCNC(CCO)c1c(Cl)ccc(F)c1Cl. The van der Waals surface area contributed by atoms with E-state index in [-0.39, 0.29) is 17.7 Å². The minimum Gasteiger partial charge on any atom is -0.396 e. The predicted molar refractivity (Wildman–Crippen MR) is 64.5 cm³/mol. The molecule has 5 heteroatoms. The van der Waals surface area contributed by atoms with Crippen LogP contribution in [0.4, 0.5) is 4.39 Å². The molecular weight excluding hydrogens is 252 g/mol. The van der Waals surface area contributed by atoms with Gasteiger partial charge in [0.05, 0.1) is 5.02 Å². The number of benzene rings is 1. The van der Waals surface area contributed by atoms with Crippen molar-refractivity contribution in [2.45, 2.75) is 19.4 Å². The molecule has 1 aromatic carbocycles. The second-order valence-electron chi connectivity index (χ2n) is 3.38. The number of nitrogens with one attached hydrogen (secondary N) is 1. The molecule has 1 aromatic rings. The van der Waals surface area contributed by atoms with Gasteiger partial charge in [-0.05, 0) is 25.1 Å². The van der Waals surface area contributed by atoms with Crippen molar-refractivity contribution in [1.29, 1.82) is 0 Å². The maximum absolute atomic E-state index is 13.3. The molecular formula is C11H14Cl2FNO. The van der Waals surface area contributed by atoms with Crippen LogP contribution in [0.15, 0.2) is 12.1 Å². The molecule has 16 heavy (non-hydrogen) atoms. The van der Waals surface area contributed by atoms with Crippen molar-refractivity contribution in [1.82, 2.24) is 5.32 Å². The Morgan fingerprint density at radius 1 is 1.44 bits per heavy atom. The van der Waals surface area contributed by atoms with Gasteiger partial charge in [-0.15, -0.1) is 0 Å². The number of halogens is 3. The van der Waals surface area contributed by atoms with Crippen LogP contribution in [-0.4, -0.2) is 18.3 Å². The van der Waals surface area contributed by atoms with E-state index in [2.05, 4.69) is 5.32 Å². The zero-order valence-electron chi connectivity index (χ0n) is 8.93. The van der Waals surface area contributed by atoms with Gasteiger partial charge in [0.1, 0.15) is 5.82 Å². The molecule has 0 aromatic heterocycles. The van der Waals surface area contributed by atoms with Crippen LogP contribution in [0.3, 0.4) is 0 Å². The number of hydrogen-bond acceptors (Lipinski definition) is 2. The third-order valence-electron chi connectivity index (χ3n) is 2.30. The third-order valence-corrected chi connectivity index (χ3v) is 3.01. The summed E-state index contributed by atoms with van der Waals surface area (Å²) in [5.41, 5.74) is 0.513. The van der Waals surface area contributed by atoms with Gasteiger partial charge in [0, 0.05) is 23.2 Å². The molecule has 90 valence electrons. The molecule has 2 nitrogen and oxygen atoms in total. The Hall–Kier alpha value is -0.350. The summed E-state index contributed by atoms with van der Waals surface area (Å²) in [5.74, 6) is -0.498. The van der Waals surface area contributed by atoms with Crippen molar-refractivity contribution in [3.63, 3.8) is 0 Å². The quantitative estimate of drug-likeness (QED) is 0.802. The maximum atomic E-state index is 13.3. The number of rotatable bonds is 5. The van der Waals surface area contributed by atoms with Crippen LogP contribution < -0.4 is 5.32 Å². The van der Waals surface area contributed by atoms with Crippen LogP contribution in [0.5, 0.6) is 0 Å². The summed E-state index contributed by atoms with van der Waals surface area (Å²) in [6.45, 7) is 2.60. The van der Waals surface area contributed by atoms with Gasteiger partial charge in [-0.3, -0.25) is 0 Å². The average Bonchev–Trinajstić information content (AvgIpc) is 2.25. The molecule has 0 fully saturated rings. The van der Waals surface area contributed by atoms with Gasteiger partial charge < -0.3 is 10.4 Å². The van der Waals surface area contributed by atoms with Crippen molar-refractivity contribution in [2.75, 3.05) is 13.2 Å². The third kappa shape index (κ3) is 3.08. The zero-order valence-corrected chi connectivity index (χ0v) is 10.4. The number of hydrogen-bond donors (Lipinski definition) is 2. The van der Waals surface area contributed by atoms with E-state index >= 15 is 0 Å². The lowest BCUT2D eigenvalue weighted by Crippen LogP contribution is -2.22. The van der Waals surface area contributed by atoms with Crippen molar-refractivity contribution < 1.29 is 9.50 Å². The van der Waals surface area contributed by atoms with E-state index in [1.807, 2.05) is 6.92 Å². The van der Waals surface area contributed by atoms with Crippen LogP contribution in [0, 0.1) is 5.82 Å². The lowest BCUT2D eigenvalue weighted by molar-refractivity contribution is 0.266. The van der Waals surface area contributed by atoms with Gasteiger partial charge >= 0.3 is 0 Å². The fraction of sp³-hybridized carbons (Fsp3) is 0.455. The fourth-order valence-corrected chi connectivity index (χ4v) is 2.22. The molecule has 1 atom stereocenters. The fourth-order valence-electron chi connectivity index (χ4n) is 1.59. The summed E-state index contributed by atoms with van der Waals surface area (Å²) >= 11 is 11.9. The molecule has 1 unspecified atom stereocenters. The molecule has 0 aliphatic heterocycles. The van der Waals surface area contributed by atoms with Crippen molar-refractivity contribution in [3.05, 3.63) is 33.6 Å². The highest BCUT2D eigenvalue weighted by molar-refractivity contribution is 6.36. The minimum absolute atomic E-state index is 0.0131. The van der Waals surface area contributed by atoms with E-state index in [1.54, 1.807) is 0 Å². The first-order valence-corrected chi connectivity index (χ1v) is 5.85. The average molecular weight is 266 g/mol. The van der Waals surface area contributed by atoms with Crippen LogP contribution >= 0.6 is 23.2 Å². The molecule has 0 bridgehead atoms. The molecule has 0 saturated heterocycles. The molecule has 0 aliphatic carbocycles. The Labute approximate surface area is 104 Å². The molecule has 0 radical (unpaired) electrons. The van der Waals surface area contributed by atoms with E-state index < -0.39 is 5.82 Å². The van der Waals surface area contributed by atoms with Crippen LogP contribution in [0.1, 0.15) is 24.9 Å². The van der Waals surface area contributed by atoms with Gasteiger partial charge in [-0.25, -0.2) is 4.39 Å². The molecule has 0 heterocycles. The van der Waals surface area contributed by atoms with Crippen molar-refractivity contribution in [2.24, 2.45) is 0 Å². The van der Waals surface area contributed by atoms with E-state index in [9.17, 15) is 4.39 Å². The lowest BCUT2D eigenvalue weighted by Gasteiger charge is -2.20. The van der Waals surface area contributed by atoms with Gasteiger partial charge in [0.15, 0.2) is 0 Å². The second kappa shape index (κ2) is 6.40. The zero-order chi connectivity index (χ0) is 12.1. The largest absolute Gasteiger partial charge is 0.396 e. The molecule has 0 amide bonds. The maximum Gasteiger partial charge on any atom is 0.142 e. The van der Waals surface area contributed by atoms with E-state index in [1.165, 1.54) is 12.1 Å². The Balaban J connectivity index is 3.11. The first-order valence-electron chi connectivity index (χ1n) is 5.09. The van der Waals surface area contributed by atoms with Crippen LogP contribution in [0.25, 0.3) is 0 Å². The normalized spacial score (nSPS) is 12.8. The summed E-state index contributed by atoms with van der Waals surface area (Å²) in [6, 6.07) is 2.47. The van der Waals surface area contributed by atoms with Crippen LogP contribution in [-0.2, 0) is 0 Å². The van der Waals surface area contributed by atoms with Gasteiger partial charge in [-0.1, -0.05) is 30.1 Å². The highest BCUT2D eigenvalue weighted by atomic mass is 35.5. The summed E-state index contributed by atoms with van der Waals surface area (Å²) in [6.07, 6.45) is 0.441. The van der Waals surface area contributed by atoms with Gasteiger partial charge in [0.25, 0.3) is 0 Å². The highest BCUT2D eigenvalue weighted by Gasteiger charge is 2.19. The monoisotopic (exact) mass is 265 g/mol. The topological polar surface area (TPSA) is 32.3 Å². The first kappa shape index (κ1) is 13.7. The summed E-state index contributed by atoms with van der Waals surface area (Å²) in [4.78, 5) is 0. The number of aliphatic hydroxyl groups is 1. The standard InChI is InChI=1S/C11H14Cl2FNO/c1-2-15-9(5-6-16)10-7(12)3-4-8(14)11(10)13/h3-4,9,15-16H,2,5-6H2,1H3. The molecule has 0 saturated carbocycles. The summed E-state index contributed by atoms with van der Waals surface area (Å²) < 4.78 is 13.3. The lowest BCUT2D eigenvalue weighted by atomic mass is 10.0. The second-order valence-corrected chi connectivity index (χ2v) is 4.16. The summed E-state index contributed by atoms with van der Waals surface area (Å²) in [7, 11) is 0. The Bertz CT molecular complexity index is 354. The van der Waals surface area contributed by atoms with Gasteiger partial charge in [-0.2, -0.15) is 0 Å². The Morgan fingerprint density at radius 3 is 2.69 bits per heavy atom. The molecule has 0 aliphatic rings. The Kier molecular flexibility index (Phi) is 5.49. The minimum atomic E-state index is -0.498. The number of aliphatic hydroxyl groups excluding tert-OH is 1.